The average Bonchev–Trinajstić information content (AvgIpc) is 2.54. The Morgan fingerprint density at radius 3 is 2.65 bits per heavy atom. The molecule has 2 aromatic carbocycles. The number of nitrogens with zero attached hydrogens (tertiary/aromatic N) is 1. The van der Waals surface area contributed by atoms with E-state index in [4.69, 9.17) is 0 Å². The number of amides is 1. The second-order valence-corrected chi connectivity index (χ2v) is 5.98. The van der Waals surface area contributed by atoms with Gasteiger partial charge in [0.1, 0.15) is 11.3 Å². The Balaban J connectivity index is 2.12. The molecule has 5 nitrogen and oxygen atoms in total. The number of aromatic hydroxyl groups is 1. The third-order valence-corrected chi connectivity index (χ3v) is 4.10. The molecule has 6 heteroatoms. The molecular weight excluding hydrogens is 360 g/mol. The van der Waals surface area contributed by atoms with E-state index < -0.39 is 11.5 Å². The fourth-order valence-electron chi connectivity index (χ4n) is 2.39. The van der Waals surface area contributed by atoms with Crippen molar-refractivity contribution in [2.24, 2.45) is 0 Å². The number of benzene rings is 2. The van der Waals surface area contributed by atoms with Gasteiger partial charge < -0.3 is 15.0 Å². The van der Waals surface area contributed by atoms with Crippen molar-refractivity contribution < 1.29 is 9.90 Å². The summed E-state index contributed by atoms with van der Waals surface area (Å²) in [5.41, 5.74) is 0.201. The summed E-state index contributed by atoms with van der Waals surface area (Å²) in [5, 5.41) is 10.8. The number of nitrogens with one attached hydrogen (secondary N) is 1. The van der Waals surface area contributed by atoms with Gasteiger partial charge in [-0.25, -0.2) is 0 Å². The Hall–Kier alpha value is -2.60. The molecule has 0 atom stereocenters. The number of para-hydroxylation sites is 1. The summed E-state index contributed by atoms with van der Waals surface area (Å²) in [6.45, 7) is 0. The SMILES string of the molecule is CN(C(=O)c1c(O)c2ccccc2[nH]c1=O)c1cccc(Br)c1. The highest BCUT2D eigenvalue weighted by atomic mass is 79.9. The van der Waals surface area contributed by atoms with E-state index >= 15 is 0 Å². The zero-order valence-corrected chi connectivity index (χ0v) is 13.8. The number of aromatic nitrogens is 1. The van der Waals surface area contributed by atoms with Crippen molar-refractivity contribution in [3.63, 3.8) is 0 Å². The molecule has 0 aliphatic rings. The third kappa shape index (κ3) is 2.73. The number of halogens is 1. The van der Waals surface area contributed by atoms with Crippen molar-refractivity contribution in [1.29, 1.82) is 0 Å². The highest BCUT2D eigenvalue weighted by Crippen LogP contribution is 2.27. The van der Waals surface area contributed by atoms with Gasteiger partial charge in [-0.1, -0.05) is 34.1 Å². The number of carbonyl (C=O) groups is 1. The minimum atomic E-state index is -0.618. The largest absolute Gasteiger partial charge is 0.506 e. The second kappa shape index (κ2) is 5.89. The third-order valence-electron chi connectivity index (χ3n) is 3.61. The number of anilines is 1. The molecule has 0 unspecified atom stereocenters. The van der Waals surface area contributed by atoms with E-state index in [0.29, 0.717) is 16.6 Å². The summed E-state index contributed by atoms with van der Waals surface area (Å²) in [5.74, 6) is -0.885. The molecule has 0 saturated heterocycles. The van der Waals surface area contributed by atoms with Crippen molar-refractivity contribution >= 4 is 38.4 Å². The van der Waals surface area contributed by atoms with E-state index in [-0.39, 0.29) is 11.3 Å². The lowest BCUT2D eigenvalue weighted by atomic mass is 10.1. The molecule has 0 radical (unpaired) electrons. The molecule has 0 aliphatic carbocycles. The van der Waals surface area contributed by atoms with Crippen LogP contribution in [0.5, 0.6) is 5.75 Å². The monoisotopic (exact) mass is 372 g/mol. The van der Waals surface area contributed by atoms with Crippen molar-refractivity contribution in [1.82, 2.24) is 4.98 Å². The highest BCUT2D eigenvalue weighted by Gasteiger charge is 2.23. The van der Waals surface area contributed by atoms with Gasteiger partial charge >= 0.3 is 0 Å². The van der Waals surface area contributed by atoms with E-state index in [9.17, 15) is 14.7 Å². The van der Waals surface area contributed by atoms with Crippen LogP contribution in [-0.4, -0.2) is 23.0 Å². The van der Waals surface area contributed by atoms with Crippen LogP contribution in [0.15, 0.2) is 57.8 Å². The molecule has 0 bridgehead atoms. The summed E-state index contributed by atoms with van der Waals surface area (Å²) in [7, 11) is 1.55. The fraction of sp³-hybridized carbons (Fsp3) is 0.0588. The number of carbonyl (C=O) groups excluding carboxylic acids is 1. The number of aromatic amines is 1. The predicted octanol–water partition coefficient (Wildman–Crippen LogP) is 3.27. The van der Waals surface area contributed by atoms with Crippen LogP contribution in [0.4, 0.5) is 5.69 Å². The zero-order chi connectivity index (χ0) is 16.6. The molecule has 3 aromatic rings. The molecule has 0 fully saturated rings. The standard InChI is InChI=1S/C17H13BrN2O3/c1-20(11-6-4-5-10(18)9-11)17(23)14-15(21)12-7-2-3-8-13(12)19-16(14)22/h2-9H,1H3,(H2,19,21,22). The Morgan fingerprint density at radius 2 is 1.91 bits per heavy atom. The van der Waals surface area contributed by atoms with Gasteiger partial charge in [0, 0.05) is 22.6 Å². The van der Waals surface area contributed by atoms with Gasteiger partial charge in [-0.2, -0.15) is 0 Å². The summed E-state index contributed by atoms with van der Waals surface area (Å²) in [4.78, 5) is 28.8. The van der Waals surface area contributed by atoms with Crippen LogP contribution in [0.3, 0.4) is 0 Å². The van der Waals surface area contributed by atoms with Crippen LogP contribution < -0.4 is 10.5 Å². The Bertz CT molecular complexity index is 965. The van der Waals surface area contributed by atoms with Gasteiger partial charge in [-0.3, -0.25) is 9.59 Å². The molecule has 0 spiro atoms. The molecular formula is C17H13BrN2O3. The van der Waals surface area contributed by atoms with Crippen molar-refractivity contribution in [3.05, 3.63) is 68.9 Å². The minimum absolute atomic E-state index is 0.272. The Morgan fingerprint density at radius 1 is 1.17 bits per heavy atom. The normalized spacial score (nSPS) is 10.7. The van der Waals surface area contributed by atoms with Crippen LogP contribution in [0.25, 0.3) is 10.9 Å². The first kappa shape index (κ1) is 15.3. The summed E-state index contributed by atoms with van der Waals surface area (Å²) >= 11 is 3.34. The van der Waals surface area contributed by atoms with E-state index in [1.807, 2.05) is 6.07 Å². The number of fused-ring (bicyclic) bond motifs is 1. The summed E-state index contributed by atoms with van der Waals surface area (Å²) < 4.78 is 0.811. The van der Waals surface area contributed by atoms with E-state index in [0.717, 1.165) is 4.47 Å². The Kier molecular flexibility index (Phi) is 3.92. The lowest BCUT2D eigenvalue weighted by Gasteiger charge is -2.18. The molecule has 3 rings (SSSR count). The molecule has 0 aliphatic heterocycles. The summed E-state index contributed by atoms with van der Waals surface area (Å²) in [6.07, 6.45) is 0. The van der Waals surface area contributed by atoms with Crippen LogP contribution in [-0.2, 0) is 0 Å². The lowest BCUT2D eigenvalue weighted by molar-refractivity contribution is 0.0989. The van der Waals surface area contributed by atoms with Crippen molar-refractivity contribution in [2.75, 3.05) is 11.9 Å². The minimum Gasteiger partial charge on any atom is -0.506 e. The first-order chi connectivity index (χ1) is 11.0. The number of pyridine rings is 1. The molecule has 1 heterocycles. The van der Waals surface area contributed by atoms with Crippen LogP contribution in [0, 0.1) is 0 Å². The van der Waals surface area contributed by atoms with E-state index in [2.05, 4.69) is 20.9 Å². The number of rotatable bonds is 2. The highest BCUT2D eigenvalue weighted by molar-refractivity contribution is 9.10. The predicted molar refractivity (Wildman–Crippen MR) is 93.1 cm³/mol. The Labute approximate surface area is 140 Å². The first-order valence-electron chi connectivity index (χ1n) is 6.86. The average molecular weight is 373 g/mol. The van der Waals surface area contributed by atoms with Crippen molar-refractivity contribution in [2.45, 2.75) is 0 Å². The van der Waals surface area contributed by atoms with Crippen LogP contribution in [0.1, 0.15) is 10.4 Å². The van der Waals surface area contributed by atoms with E-state index in [1.165, 1.54) is 4.90 Å². The molecule has 116 valence electrons. The molecule has 1 amide bonds. The van der Waals surface area contributed by atoms with Gasteiger partial charge in [0.05, 0.1) is 5.52 Å². The smallest absolute Gasteiger partial charge is 0.267 e. The quantitative estimate of drug-likeness (QED) is 0.724. The fourth-order valence-corrected chi connectivity index (χ4v) is 2.78. The van der Waals surface area contributed by atoms with Gasteiger partial charge in [0.15, 0.2) is 0 Å². The molecule has 1 aromatic heterocycles. The van der Waals surface area contributed by atoms with Gasteiger partial charge in [-0.15, -0.1) is 0 Å². The van der Waals surface area contributed by atoms with Gasteiger partial charge in [0.2, 0.25) is 0 Å². The van der Waals surface area contributed by atoms with Crippen molar-refractivity contribution in [3.8, 4) is 5.75 Å². The molecule has 2 N–H and O–H groups in total. The van der Waals surface area contributed by atoms with Crippen LogP contribution >= 0.6 is 15.9 Å². The van der Waals surface area contributed by atoms with Gasteiger partial charge in [0.25, 0.3) is 11.5 Å². The maximum atomic E-state index is 12.7. The maximum Gasteiger partial charge on any atom is 0.267 e. The van der Waals surface area contributed by atoms with Gasteiger partial charge in [-0.05, 0) is 30.3 Å². The maximum absolute atomic E-state index is 12.7. The summed E-state index contributed by atoms with van der Waals surface area (Å²) in [6, 6.07) is 13.9. The lowest BCUT2D eigenvalue weighted by Crippen LogP contribution is -2.31. The number of hydrogen-bond acceptors (Lipinski definition) is 3. The molecule has 0 saturated carbocycles. The number of H-pyrrole nitrogens is 1. The first-order valence-corrected chi connectivity index (χ1v) is 7.66. The topological polar surface area (TPSA) is 73.4 Å². The second-order valence-electron chi connectivity index (χ2n) is 5.07. The van der Waals surface area contributed by atoms with E-state index in [1.54, 1.807) is 49.5 Å². The number of hydrogen-bond donors (Lipinski definition) is 2. The molecule has 23 heavy (non-hydrogen) atoms. The zero-order valence-electron chi connectivity index (χ0n) is 12.2. The van der Waals surface area contributed by atoms with Crippen LogP contribution in [0.2, 0.25) is 0 Å².